The molecule has 1 N–H and O–H groups in total. The monoisotopic (exact) mass is 391 g/mol. The molecule has 1 spiro atoms. The molecule has 9 heteroatoms. The standard InChI is InChI=1S/C19H29N5O4/c1-4-28-10-9-23-17(26)19(24(18(23)27)12-14(2)3)5-7-22(8-6-19)16(25)15-11-20-13-21-15/h11,13-14H,4-10,12H2,1-3H3,(H,20,21). The smallest absolute Gasteiger partial charge is 0.327 e. The summed E-state index contributed by atoms with van der Waals surface area (Å²) in [4.78, 5) is 50.3. The summed E-state index contributed by atoms with van der Waals surface area (Å²) in [5, 5.41) is 0. The average Bonchev–Trinajstić information content (AvgIpc) is 3.27. The van der Waals surface area contributed by atoms with Gasteiger partial charge in [0.25, 0.3) is 11.8 Å². The van der Waals surface area contributed by atoms with Crippen molar-refractivity contribution in [3.63, 3.8) is 0 Å². The highest BCUT2D eigenvalue weighted by Crippen LogP contribution is 2.38. The molecule has 0 radical (unpaired) electrons. The van der Waals surface area contributed by atoms with Crippen LogP contribution in [-0.2, 0) is 9.53 Å². The van der Waals surface area contributed by atoms with Crippen molar-refractivity contribution in [1.29, 1.82) is 0 Å². The summed E-state index contributed by atoms with van der Waals surface area (Å²) < 4.78 is 5.35. The van der Waals surface area contributed by atoms with Gasteiger partial charge in [-0.15, -0.1) is 0 Å². The Bertz CT molecular complexity index is 710. The maximum absolute atomic E-state index is 13.3. The predicted octanol–water partition coefficient (Wildman–Crippen LogP) is 1.34. The Hall–Kier alpha value is -2.42. The number of piperidine rings is 1. The molecule has 2 aliphatic rings. The lowest BCUT2D eigenvalue weighted by atomic mass is 9.85. The maximum Gasteiger partial charge on any atom is 0.327 e. The zero-order valence-electron chi connectivity index (χ0n) is 16.8. The van der Waals surface area contributed by atoms with E-state index in [9.17, 15) is 14.4 Å². The molecule has 0 unspecified atom stereocenters. The highest BCUT2D eigenvalue weighted by Gasteiger charge is 2.58. The van der Waals surface area contributed by atoms with Gasteiger partial charge in [0.1, 0.15) is 11.2 Å². The minimum absolute atomic E-state index is 0.132. The van der Waals surface area contributed by atoms with Gasteiger partial charge in [-0.25, -0.2) is 9.78 Å². The van der Waals surface area contributed by atoms with Crippen molar-refractivity contribution in [3.8, 4) is 0 Å². The number of aromatic amines is 1. The minimum atomic E-state index is -0.863. The predicted molar refractivity (Wildman–Crippen MR) is 102 cm³/mol. The van der Waals surface area contributed by atoms with E-state index < -0.39 is 5.54 Å². The van der Waals surface area contributed by atoms with Crippen LogP contribution in [0.4, 0.5) is 4.79 Å². The number of H-pyrrole nitrogens is 1. The van der Waals surface area contributed by atoms with Crippen LogP contribution in [0.15, 0.2) is 12.5 Å². The molecule has 2 aliphatic heterocycles. The lowest BCUT2D eigenvalue weighted by molar-refractivity contribution is -0.136. The largest absolute Gasteiger partial charge is 0.380 e. The van der Waals surface area contributed by atoms with E-state index in [-0.39, 0.29) is 30.3 Å². The molecule has 0 aromatic carbocycles. The van der Waals surface area contributed by atoms with Crippen LogP contribution in [0, 0.1) is 5.92 Å². The number of hydrogen-bond donors (Lipinski definition) is 1. The average molecular weight is 391 g/mol. The molecule has 28 heavy (non-hydrogen) atoms. The van der Waals surface area contributed by atoms with E-state index >= 15 is 0 Å². The summed E-state index contributed by atoms with van der Waals surface area (Å²) in [6.07, 6.45) is 3.85. The van der Waals surface area contributed by atoms with Crippen LogP contribution in [-0.4, -0.2) is 87.4 Å². The molecule has 154 valence electrons. The van der Waals surface area contributed by atoms with Crippen molar-refractivity contribution in [2.24, 2.45) is 5.92 Å². The van der Waals surface area contributed by atoms with E-state index in [0.717, 1.165) is 0 Å². The van der Waals surface area contributed by atoms with Gasteiger partial charge < -0.3 is 19.5 Å². The van der Waals surface area contributed by atoms with E-state index in [0.29, 0.717) is 51.4 Å². The Morgan fingerprint density at radius 2 is 2.04 bits per heavy atom. The van der Waals surface area contributed by atoms with Gasteiger partial charge in [-0.05, 0) is 25.7 Å². The van der Waals surface area contributed by atoms with E-state index in [1.165, 1.54) is 17.4 Å². The molecule has 3 heterocycles. The summed E-state index contributed by atoms with van der Waals surface area (Å²) in [6.45, 7) is 8.45. The van der Waals surface area contributed by atoms with Crippen LogP contribution >= 0.6 is 0 Å². The van der Waals surface area contributed by atoms with Gasteiger partial charge in [0.2, 0.25) is 0 Å². The second-order valence-corrected chi connectivity index (χ2v) is 7.73. The van der Waals surface area contributed by atoms with Gasteiger partial charge >= 0.3 is 6.03 Å². The Kier molecular flexibility index (Phi) is 6.02. The fourth-order valence-electron chi connectivity index (χ4n) is 4.00. The van der Waals surface area contributed by atoms with Gasteiger partial charge in [0.15, 0.2) is 0 Å². The van der Waals surface area contributed by atoms with Crippen LogP contribution < -0.4 is 0 Å². The van der Waals surface area contributed by atoms with Crippen molar-refractivity contribution in [2.75, 3.05) is 39.4 Å². The normalized spacial score (nSPS) is 19.4. The molecule has 0 bridgehead atoms. The number of carbonyl (C=O) groups excluding carboxylic acids is 3. The third kappa shape index (κ3) is 3.63. The molecule has 2 saturated heterocycles. The third-order valence-electron chi connectivity index (χ3n) is 5.44. The maximum atomic E-state index is 13.3. The van der Waals surface area contributed by atoms with Gasteiger partial charge in [0.05, 0.1) is 25.7 Å². The van der Waals surface area contributed by atoms with Crippen molar-refractivity contribution in [2.45, 2.75) is 39.2 Å². The number of urea groups is 1. The second-order valence-electron chi connectivity index (χ2n) is 7.73. The summed E-state index contributed by atoms with van der Waals surface area (Å²) in [6, 6.07) is -0.244. The molecule has 3 rings (SSSR count). The first-order chi connectivity index (χ1) is 13.4. The molecule has 0 saturated carbocycles. The van der Waals surface area contributed by atoms with Crippen LogP contribution in [0.25, 0.3) is 0 Å². The molecule has 0 atom stereocenters. The number of imide groups is 1. The quantitative estimate of drug-likeness (QED) is 0.559. The van der Waals surface area contributed by atoms with Crippen LogP contribution in [0.1, 0.15) is 44.1 Å². The molecular formula is C19H29N5O4. The number of nitrogens with zero attached hydrogens (tertiary/aromatic N) is 4. The van der Waals surface area contributed by atoms with Crippen LogP contribution in [0.3, 0.4) is 0 Å². The van der Waals surface area contributed by atoms with Crippen molar-refractivity contribution in [1.82, 2.24) is 24.7 Å². The number of aromatic nitrogens is 2. The van der Waals surface area contributed by atoms with Crippen molar-refractivity contribution < 1.29 is 19.1 Å². The topological polar surface area (TPSA) is 98.8 Å². The molecule has 4 amide bonds. The highest BCUT2D eigenvalue weighted by molar-refractivity contribution is 6.07. The van der Waals surface area contributed by atoms with E-state index in [1.807, 2.05) is 20.8 Å². The molecule has 0 aliphatic carbocycles. The number of likely N-dealkylation sites (tertiary alicyclic amines) is 1. The molecule has 9 nitrogen and oxygen atoms in total. The number of nitrogens with one attached hydrogen (secondary N) is 1. The Morgan fingerprint density at radius 1 is 1.32 bits per heavy atom. The van der Waals surface area contributed by atoms with Crippen LogP contribution in [0.2, 0.25) is 0 Å². The Balaban J connectivity index is 1.76. The molecule has 2 fully saturated rings. The lowest BCUT2D eigenvalue weighted by Gasteiger charge is -2.42. The van der Waals surface area contributed by atoms with Crippen molar-refractivity contribution >= 4 is 17.8 Å². The fourth-order valence-corrected chi connectivity index (χ4v) is 4.00. The van der Waals surface area contributed by atoms with E-state index in [2.05, 4.69) is 9.97 Å². The first kappa shape index (κ1) is 20.3. The van der Waals surface area contributed by atoms with Gasteiger partial charge in [0, 0.05) is 26.2 Å². The summed E-state index contributed by atoms with van der Waals surface area (Å²) in [7, 11) is 0. The minimum Gasteiger partial charge on any atom is -0.380 e. The number of carbonyl (C=O) groups is 3. The van der Waals surface area contributed by atoms with Crippen LogP contribution in [0.5, 0.6) is 0 Å². The number of rotatable bonds is 7. The zero-order chi connectivity index (χ0) is 20.3. The molecule has 1 aromatic heterocycles. The number of imidazole rings is 1. The zero-order valence-corrected chi connectivity index (χ0v) is 16.8. The lowest BCUT2D eigenvalue weighted by Crippen LogP contribution is -2.58. The fraction of sp³-hybridized carbons (Fsp3) is 0.684. The van der Waals surface area contributed by atoms with Gasteiger partial charge in [-0.1, -0.05) is 13.8 Å². The highest BCUT2D eigenvalue weighted by atomic mass is 16.5. The number of hydrogen-bond acceptors (Lipinski definition) is 5. The molecule has 1 aromatic rings. The summed E-state index contributed by atoms with van der Waals surface area (Å²) >= 11 is 0. The second kappa shape index (κ2) is 8.30. The number of amides is 4. The first-order valence-electron chi connectivity index (χ1n) is 9.89. The number of ether oxygens (including phenoxy) is 1. The van der Waals surface area contributed by atoms with Crippen molar-refractivity contribution in [3.05, 3.63) is 18.2 Å². The molecular weight excluding hydrogens is 362 g/mol. The van der Waals surface area contributed by atoms with Gasteiger partial charge in [-0.2, -0.15) is 0 Å². The Morgan fingerprint density at radius 3 is 2.61 bits per heavy atom. The summed E-state index contributed by atoms with van der Waals surface area (Å²) in [5.74, 6) is -0.0515. The first-order valence-corrected chi connectivity index (χ1v) is 9.89. The summed E-state index contributed by atoms with van der Waals surface area (Å²) in [5.41, 5.74) is -0.430. The van der Waals surface area contributed by atoms with E-state index in [1.54, 1.807) is 9.80 Å². The third-order valence-corrected chi connectivity index (χ3v) is 5.44. The Labute approximate surface area is 165 Å². The SMILES string of the molecule is CCOCCN1C(=O)N(CC(C)C)C2(CCN(C(=O)c3cnc[nH]3)CC2)C1=O. The van der Waals surface area contributed by atoms with E-state index in [4.69, 9.17) is 4.74 Å². The van der Waals surface area contributed by atoms with Gasteiger partial charge in [-0.3, -0.25) is 14.5 Å².